The number of nitrogens with zero attached hydrogens (tertiary/aromatic N) is 2. The quantitative estimate of drug-likeness (QED) is 0.758. The molecule has 1 aromatic rings. The van der Waals surface area contributed by atoms with Crippen LogP contribution in [-0.2, 0) is 0 Å². The topological polar surface area (TPSA) is 46.9 Å². The molecule has 4 heteroatoms. The molecular formula is C14H25N3O. The highest BCUT2D eigenvalue weighted by Gasteiger charge is 2.06. The van der Waals surface area contributed by atoms with Gasteiger partial charge < -0.3 is 9.88 Å². The van der Waals surface area contributed by atoms with Crippen molar-refractivity contribution in [2.75, 3.05) is 11.9 Å². The van der Waals surface area contributed by atoms with E-state index in [2.05, 4.69) is 24.1 Å². The van der Waals surface area contributed by atoms with E-state index in [0.717, 1.165) is 18.9 Å². The summed E-state index contributed by atoms with van der Waals surface area (Å²) in [6, 6.07) is 0.169. The van der Waals surface area contributed by atoms with Crippen LogP contribution in [0.2, 0.25) is 0 Å². The lowest BCUT2D eigenvalue weighted by Crippen LogP contribution is -2.25. The van der Waals surface area contributed by atoms with Crippen LogP contribution in [0.5, 0.6) is 0 Å². The Hall–Kier alpha value is -1.32. The molecule has 0 atom stereocenters. The van der Waals surface area contributed by atoms with Gasteiger partial charge in [0.2, 0.25) is 0 Å². The first-order chi connectivity index (χ1) is 8.52. The Morgan fingerprint density at radius 3 is 2.61 bits per heavy atom. The van der Waals surface area contributed by atoms with Crippen molar-refractivity contribution in [1.82, 2.24) is 9.55 Å². The second kappa shape index (κ2) is 7.19. The van der Waals surface area contributed by atoms with Gasteiger partial charge >= 0.3 is 0 Å². The number of hydrogen-bond donors (Lipinski definition) is 1. The summed E-state index contributed by atoms with van der Waals surface area (Å²) in [5, 5.41) is 3.14. The number of unbranched alkanes of at least 4 members (excludes halogenated alkanes) is 1. The summed E-state index contributed by atoms with van der Waals surface area (Å²) in [4.78, 5) is 16.1. The monoisotopic (exact) mass is 251 g/mol. The average molecular weight is 251 g/mol. The van der Waals surface area contributed by atoms with E-state index in [1.54, 1.807) is 17.0 Å². The van der Waals surface area contributed by atoms with E-state index in [-0.39, 0.29) is 11.6 Å². The zero-order valence-corrected chi connectivity index (χ0v) is 11.9. The Balaban J connectivity index is 2.48. The highest BCUT2D eigenvalue weighted by atomic mass is 16.1. The lowest BCUT2D eigenvalue weighted by molar-refractivity contribution is 0.543. The molecular weight excluding hydrogens is 226 g/mol. The lowest BCUT2D eigenvalue weighted by atomic mass is 10.1. The van der Waals surface area contributed by atoms with Crippen LogP contribution in [0.25, 0.3) is 0 Å². The minimum Gasteiger partial charge on any atom is -0.365 e. The maximum atomic E-state index is 12.0. The molecule has 1 heterocycles. The molecule has 0 amide bonds. The van der Waals surface area contributed by atoms with Crippen LogP contribution in [0.3, 0.4) is 0 Å². The van der Waals surface area contributed by atoms with E-state index in [9.17, 15) is 4.79 Å². The lowest BCUT2D eigenvalue weighted by Gasteiger charge is -2.11. The minimum atomic E-state index is -0.0311. The third kappa shape index (κ3) is 4.51. The van der Waals surface area contributed by atoms with Gasteiger partial charge in [0, 0.05) is 25.0 Å². The molecule has 0 saturated heterocycles. The second-order valence-corrected chi connectivity index (χ2v) is 5.40. The molecule has 102 valence electrons. The Labute approximate surface area is 109 Å². The van der Waals surface area contributed by atoms with Gasteiger partial charge in [0.25, 0.3) is 5.56 Å². The van der Waals surface area contributed by atoms with Crippen LogP contribution in [-0.4, -0.2) is 16.1 Å². The van der Waals surface area contributed by atoms with Crippen LogP contribution >= 0.6 is 0 Å². The van der Waals surface area contributed by atoms with Gasteiger partial charge in [-0.15, -0.1) is 0 Å². The minimum absolute atomic E-state index is 0.0311. The molecule has 0 bridgehead atoms. The number of hydrogen-bond acceptors (Lipinski definition) is 3. The smallest absolute Gasteiger partial charge is 0.293 e. The molecule has 1 rings (SSSR count). The van der Waals surface area contributed by atoms with Crippen molar-refractivity contribution in [2.45, 2.75) is 53.0 Å². The van der Waals surface area contributed by atoms with E-state index in [0.29, 0.717) is 5.82 Å². The Kier molecular flexibility index (Phi) is 5.89. The van der Waals surface area contributed by atoms with Gasteiger partial charge in [0.05, 0.1) is 0 Å². The SMILES string of the molecule is CC(C)CCCCNc1nccn(C(C)C)c1=O. The predicted octanol–water partition coefficient (Wildman–Crippen LogP) is 3.06. The zero-order valence-electron chi connectivity index (χ0n) is 11.9. The summed E-state index contributed by atoms with van der Waals surface area (Å²) in [5.41, 5.74) is -0.0311. The second-order valence-electron chi connectivity index (χ2n) is 5.40. The standard InChI is InChI=1S/C14H25N3O/c1-11(2)7-5-6-8-15-13-14(18)17(12(3)4)10-9-16-13/h9-12H,5-8H2,1-4H3,(H,15,16). The highest BCUT2D eigenvalue weighted by Crippen LogP contribution is 2.06. The molecule has 0 saturated carbocycles. The van der Waals surface area contributed by atoms with Gasteiger partial charge in [0.1, 0.15) is 0 Å². The van der Waals surface area contributed by atoms with Crippen molar-refractivity contribution in [3.8, 4) is 0 Å². The number of rotatable bonds is 7. The van der Waals surface area contributed by atoms with E-state index < -0.39 is 0 Å². The Morgan fingerprint density at radius 2 is 2.00 bits per heavy atom. The van der Waals surface area contributed by atoms with Crippen LogP contribution in [0.4, 0.5) is 5.82 Å². The summed E-state index contributed by atoms with van der Waals surface area (Å²) in [7, 11) is 0. The first-order valence-electron chi connectivity index (χ1n) is 6.83. The zero-order chi connectivity index (χ0) is 13.5. The third-order valence-corrected chi connectivity index (χ3v) is 2.93. The van der Waals surface area contributed by atoms with Crippen LogP contribution in [0.15, 0.2) is 17.2 Å². The third-order valence-electron chi connectivity index (χ3n) is 2.93. The fourth-order valence-electron chi connectivity index (χ4n) is 1.84. The van der Waals surface area contributed by atoms with Crippen LogP contribution in [0.1, 0.15) is 53.0 Å². The molecule has 0 aliphatic carbocycles. The number of anilines is 1. The fourth-order valence-corrected chi connectivity index (χ4v) is 1.84. The average Bonchev–Trinajstić information content (AvgIpc) is 2.30. The van der Waals surface area contributed by atoms with Crippen molar-refractivity contribution < 1.29 is 0 Å². The summed E-state index contributed by atoms with van der Waals surface area (Å²) in [5.74, 6) is 1.22. The Morgan fingerprint density at radius 1 is 1.28 bits per heavy atom. The van der Waals surface area contributed by atoms with Crippen molar-refractivity contribution in [3.63, 3.8) is 0 Å². The normalized spacial score (nSPS) is 11.2. The number of nitrogens with one attached hydrogen (secondary N) is 1. The van der Waals surface area contributed by atoms with Crippen molar-refractivity contribution in [2.24, 2.45) is 5.92 Å². The molecule has 0 aliphatic rings. The highest BCUT2D eigenvalue weighted by molar-refractivity contribution is 5.30. The van der Waals surface area contributed by atoms with Crippen molar-refractivity contribution in [1.29, 1.82) is 0 Å². The predicted molar refractivity (Wildman–Crippen MR) is 76.1 cm³/mol. The van der Waals surface area contributed by atoms with Gasteiger partial charge in [-0.25, -0.2) is 4.98 Å². The maximum absolute atomic E-state index is 12.0. The van der Waals surface area contributed by atoms with Gasteiger partial charge in [-0.05, 0) is 26.2 Å². The van der Waals surface area contributed by atoms with Crippen LogP contribution < -0.4 is 10.9 Å². The molecule has 0 aromatic carbocycles. The molecule has 4 nitrogen and oxygen atoms in total. The first-order valence-corrected chi connectivity index (χ1v) is 6.83. The molecule has 18 heavy (non-hydrogen) atoms. The summed E-state index contributed by atoms with van der Waals surface area (Å²) in [6.07, 6.45) is 6.92. The summed E-state index contributed by atoms with van der Waals surface area (Å²) < 4.78 is 1.70. The van der Waals surface area contributed by atoms with Crippen LogP contribution in [0, 0.1) is 5.92 Å². The molecule has 1 aromatic heterocycles. The van der Waals surface area contributed by atoms with Gasteiger partial charge in [-0.1, -0.05) is 26.7 Å². The van der Waals surface area contributed by atoms with Crippen molar-refractivity contribution >= 4 is 5.82 Å². The van der Waals surface area contributed by atoms with Crippen molar-refractivity contribution in [3.05, 3.63) is 22.7 Å². The van der Waals surface area contributed by atoms with Gasteiger partial charge in [0.15, 0.2) is 5.82 Å². The fraction of sp³-hybridized carbons (Fsp3) is 0.714. The molecule has 0 aliphatic heterocycles. The van der Waals surface area contributed by atoms with Gasteiger partial charge in [-0.3, -0.25) is 4.79 Å². The maximum Gasteiger partial charge on any atom is 0.293 e. The molecule has 0 spiro atoms. The summed E-state index contributed by atoms with van der Waals surface area (Å²) in [6.45, 7) is 9.26. The molecule has 0 unspecified atom stereocenters. The van der Waals surface area contributed by atoms with E-state index in [1.807, 2.05) is 13.8 Å². The largest absolute Gasteiger partial charge is 0.365 e. The summed E-state index contributed by atoms with van der Waals surface area (Å²) >= 11 is 0. The molecule has 0 radical (unpaired) electrons. The molecule has 1 N–H and O–H groups in total. The molecule has 0 fully saturated rings. The van der Waals surface area contributed by atoms with Gasteiger partial charge in [-0.2, -0.15) is 0 Å². The number of aromatic nitrogens is 2. The van der Waals surface area contributed by atoms with E-state index in [4.69, 9.17) is 0 Å². The van der Waals surface area contributed by atoms with E-state index >= 15 is 0 Å². The first kappa shape index (κ1) is 14.7. The van der Waals surface area contributed by atoms with E-state index in [1.165, 1.54) is 12.8 Å². The Bertz CT molecular complexity index is 410.